The molecule has 0 unspecified atom stereocenters. The Morgan fingerprint density at radius 3 is 2.76 bits per heavy atom. The highest BCUT2D eigenvalue weighted by molar-refractivity contribution is 5.70. The molecule has 1 aromatic heterocycles. The number of aryl methyl sites for hydroxylation is 1. The Kier molecular flexibility index (Phi) is 5.38. The molecule has 0 amide bonds. The maximum atomic E-state index is 11.1. The minimum absolute atomic E-state index is 0.219. The van der Waals surface area contributed by atoms with Crippen LogP contribution in [0.5, 0.6) is 5.75 Å². The third kappa shape index (κ3) is 4.02. The SMILES string of the molecule is CCOc1ccccc1-c1nc(CN2CCC(C(=O)O)CC2)c(C)o1. The van der Waals surface area contributed by atoms with E-state index in [2.05, 4.69) is 9.88 Å². The molecule has 3 rings (SSSR count). The van der Waals surface area contributed by atoms with Crippen molar-refractivity contribution in [3.05, 3.63) is 35.7 Å². The molecule has 25 heavy (non-hydrogen) atoms. The van der Waals surface area contributed by atoms with Crippen LogP contribution in [0.25, 0.3) is 11.5 Å². The number of oxazole rings is 1. The molecule has 1 saturated heterocycles. The number of carbonyl (C=O) groups is 1. The lowest BCUT2D eigenvalue weighted by Crippen LogP contribution is -2.36. The van der Waals surface area contributed by atoms with Crippen molar-refractivity contribution >= 4 is 5.97 Å². The fraction of sp³-hybridized carbons (Fsp3) is 0.474. The first-order valence-corrected chi connectivity index (χ1v) is 8.72. The van der Waals surface area contributed by atoms with Gasteiger partial charge in [0.2, 0.25) is 5.89 Å². The average molecular weight is 344 g/mol. The van der Waals surface area contributed by atoms with Gasteiger partial charge in [0.1, 0.15) is 11.5 Å². The van der Waals surface area contributed by atoms with Gasteiger partial charge in [0, 0.05) is 6.54 Å². The Balaban J connectivity index is 1.72. The number of rotatable bonds is 6. The molecule has 2 heterocycles. The molecule has 0 atom stereocenters. The van der Waals surface area contributed by atoms with Gasteiger partial charge in [0.05, 0.1) is 23.8 Å². The summed E-state index contributed by atoms with van der Waals surface area (Å²) in [4.78, 5) is 18.0. The van der Waals surface area contributed by atoms with Gasteiger partial charge in [-0.05, 0) is 51.9 Å². The summed E-state index contributed by atoms with van der Waals surface area (Å²) in [5.41, 5.74) is 1.75. The number of piperidine rings is 1. The van der Waals surface area contributed by atoms with Crippen LogP contribution in [-0.2, 0) is 11.3 Å². The second kappa shape index (κ2) is 7.70. The second-order valence-corrected chi connectivity index (χ2v) is 6.34. The molecule has 6 heteroatoms. The summed E-state index contributed by atoms with van der Waals surface area (Å²) in [5.74, 6) is 1.22. The minimum atomic E-state index is -0.688. The number of hydrogen-bond acceptors (Lipinski definition) is 5. The smallest absolute Gasteiger partial charge is 0.306 e. The standard InChI is InChI=1S/C19H24N2O4/c1-3-24-17-7-5-4-6-15(17)18-20-16(13(2)25-18)12-21-10-8-14(9-11-21)19(22)23/h4-7,14H,3,8-12H2,1-2H3,(H,22,23). The van der Waals surface area contributed by atoms with Crippen LogP contribution >= 0.6 is 0 Å². The minimum Gasteiger partial charge on any atom is -0.493 e. The van der Waals surface area contributed by atoms with Crippen molar-refractivity contribution in [3.8, 4) is 17.2 Å². The molecule has 0 bridgehead atoms. The Morgan fingerprint density at radius 2 is 2.08 bits per heavy atom. The molecule has 1 aliphatic rings. The molecule has 0 saturated carbocycles. The third-order valence-corrected chi connectivity index (χ3v) is 4.62. The number of benzene rings is 1. The topological polar surface area (TPSA) is 75.8 Å². The molecule has 134 valence electrons. The zero-order valence-electron chi connectivity index (χ0n) is 14.7. The first kappa shape index (κ1) is 17.5. The Labute approximate surface area is 147 Å². The van der Waals surface area contributed by atoms with E-state index in [0.29, 0.717) is 31.9 Å². The van der Waals surface area contributed by atoms with Crippen LogP contribution in [0, 0.1) is 12.8 Å². The summed E-state index contributed by atoms with van der Waals surface area (Å²) < 4.78 is 11.5. The number of ether oxygens (including phenoxy) is 1. The van der Waals surface area contributed by atoms with Crippen LogP contribution in [-0.4, -0.2) is 40.7 Å². The van der Waals surface area contributed by atoms with Gasteiger partial charge in [-0.1, -0.05) is 12.1 Å². The van der Waals surface area contributed by atoms with Gasteiger partial charge in [0.15, 0.2) is 0 Å². The maximum Gasteiger partial charge on any atom is 0.306 e. The summed E-state index contributed by atoms with van der Waals surface area (Å²) in [6, 6.07) is 7.72. The van der Waals surface area contributed by atoms with Crippen molar-refractivity contribution in [2.45, 2.75) is 33.2 Å². The third-order valence-electron chi connectivity index (χ3n) is 4.62. The molecule has 0 aliphatic carbocycles. The first-order chi connectivity index (χ1) is 12.1. The van der Waals surface area contributed by atoms with Gasteiger partial charge in [-0.3, -0.25) is 9.69 Å². The molecule has 2 aromatic rings. The fourth-order valence-corrected chi connectivity index (χ4v) is 3.16. The van der Waals surface area contributed by atoms with E-state index in [1.165, 1.54) is 0 Å². The van der Waals surface area contributed by atoms with E-state index in [1.54, 1.807) is 0 Å². The summed E-state index contributed by atoms with van der Waals surface area (Å²) in [5, 5.41) is 9.10. The Morgan fingerprint density at radius 1 is 1.36 bits per heavy atom. The number of likely N-dealkylation sites (tertiary alicyclic amines) is 1. The molecule has 1 aliphatic heterocycles. The van der Waals surface area contributed by atoms with Gasteiger partial charge in [-0.25, -0.2) is 4.98 Å². The molecular weight excluding hydrogens is 320 g/mol. The largest absolute Gasteiger partial charge is 0.493 e. The number of para-hydroxylation sites is 1. The maximum absolute atomic E-state index is 11.1. The van der Waals surface area contributed by atoms with Crippen molar-refractivity contribution in [2.24, 2.45) is 5.92 Å². The predicted octanol–water partition coefficient (Wildman–Crippen LogP) is 3.35. The highest BCUT2D eigenvalue weighted by Gasteiger charge is 2.25. The quantitative estimate of drug-likeness (QED) is 0.866. The first-order valence-electron chi connectivity index (χ1n) is 8.72. The fourth-order valence-electron chi connectivity index (χ4n) is 3.16. The molecule has 1 N–H and O–H groups in total. The van der Waals surface area contributed by atoms with Crippen LogP contribution in [0.1, 0.15) is 31.2 Å². The van der Waals surface area contributed by atoms with Crippen molar-refractivity contribution in [1.29, 1.82) is 0 Å². The Hall–Kier alpha value is -2.34. The van der Waals surface area contributed by atoms with Gasteiger partial charge in [0.25, 0.3) is 0 Å². The van der Waals surface area contributed by atoms with E-state index in [1.807, 2.05) is 38.1 Å². The summed E-state index contributed by atoms with van der Waals surface area (Å²) in [6.07, 6.45) is 1.37. The van der Waals surface area contributed by atoms with Crippen molar-refractivity contribution in [1.82, 2.24) is 9.88 Å². The van der Waals surface area contributed by atoms with Gasteiger partial charge < -0.3 is 14.3 Å². The highest BCUT2D eigenvalue weighted by atomic mass is 16.5. The summed E-state index contributed by atoms with van der Waals surface area (Å²) >= 11 is 0. The highest BCUT2D eigenvalue weighted by Crippen LogP contribution is 2.31. The van der Waals surface area contributed by atoms with Crippen LogP contribution in [0.3, 0.4) is 0 Å². The van der Waals surface area contributed by atoms with Crippen molar-refractivity contribution < 1.29 is 19.1 Å². The lowest BCUT2D eigenvalue weighted by molar-refractivity contribution is -0.143. The van der Waals surface area contributed by atoms with Crippen molar-refractivity contribution in [2.75, 3.05) is 19.7 Å². The molecule has 6 nitrogen and oxygen atoms in total. The van der Waals surface area contributed by atoms with Gasteiger partial charge in [-0.15, -0.1) is 0 Å². The Bertz CT molecular complexity index is 733. The van der Waals surface area contributed by atoms with Crippen molar-refractivity contribution in [3.63, 3.8) is 0 Å². The normalized spacial score (nSPS) is 16.1. The van der Waals surface area contributed by atoms with Crippen LogP contribution in [0.2, 0.25) is 0 Å². The molecule has 1 aromatic carbocycles. The second-order valence-electron chi connectivity index (χ2n) is 6.34. The average Bonchev–Trinajstić information content (AvgIpc) is 2.97. The van der Waals surface area contributed by atoms with E-state index in [-0.39, 0.29) is 5.92 Å². The molecule has 1 fully saturated rings. The lowest BCUT2D eigenvalue weighted by atomic mass is 9.97. The number of carboxylic acid groups (broad SMARTS) is 1. The molecular formula is C19H24N2O4. The zero-order chi connectivity index (χ0) is 17.8. The monoisotopic (exact) mass is 344 g/mol. The number of carboxylic acids is 1. The van der Waals surface area contributed by atoms with Gasteiger partial charge in [-0.2, -0.15) is 0 Å². The van der Waals surface area contributed by atoms with E-state index in [9.17, 15) is 4.79 Å². The number of nitrogens with zero attached hydrogens (tertiary/aromatic N) is 2. The number of hydrogen-bond donors (Lipinski definition) is 1. The molecule has 0 spiro atoms. The van der Waals surface area contributed by atoms with Gasteiger partial charge >= 0.3 is 5.97 Å². The van der Waals surface area contributed by atoms with Crippen LogP contribution < -0.4 is 4.74 Å². The summed E-state index contributed by atoms with van der Waals surface area (Å²) in [6.45, 7) is 6.67. The van der Waals surface area contributed by atoms with E-state index >= 15 is 0 Å². The van der Waals surface area contributed by atoms with Crippen LogP contribution in [0.4, 0.5) is 0 Å². The van der Waals surface area contributed by atoms with Crippen LogP contribution in [0.15, 0.2) is 28.7 Å². The van der Waals surface area contributed by atoms with E-state index < -0.39 is 5.97 Å². The number of aromatic nitrogens is 1. The summed E-state index contributed by atoms with van der Waals surface area (Å²) in [7, 11) is 0. The zero-order valence-corrected chi connectivity index (χ0v) is 14.7. The van der Waals surface area contributed by atoms with E-state index in [0.717, 1.165) is 35.9 Å². The molecule has 0 radical (unpaired) electrons. The van der Waals surface area contributed by atoms with E-state index in [4.69, 9.17) is 14.3 Å². The lowest BCUT2D eigenvalue weighted by Gasteiger charge is -2.29. The predicted molar refractivity (Wildman–Crippen MR) is 93.5 cm³/mol. The number of aliphatic carboxylic acids is 1.